The summed E-state index contributed by atoms with van der Waals surface area (Å²) in [6.07, 6.45) is 3.86. The van der Waals surface area contributed by atoms with Gasteiger partial charge in [0, 0.05) is 12.6 Å². The Bertz CT molecular complexity index is 329. The molecule has 0 saturated carbocycles. The molecule has 2 rings (SSSR count). The third-order valence-corrected chi connectivity index (χ3v) is 4.04. The molecule has 0 spiro atoms. The SMILES string of the molecule is CCN(CC)Cc1ccccc1CC1CCCN1. The quantitative estimate of drug-likeness (QED) is 0.830. The number of rotatable bonds is 6. The second-order valence-electron chi connectivity index (χ2n) is 5.23. The molecule has 18 heavy (non-hydrogen) atoms. The largest absolute Gasteiger partial charge is 0.314 e. The van der Waals surface area contributed by atoms with Gasteiger partial charge in [-0.25, -0.2) is 0 Å². The van der Waals surface area contributed by atoms with Crippen LogP contribution in [0.15, 0.2) is 24.3 Å². The third kappa shape index (κ3) is 3.56. The molecule has 1 fully saturated rings. The van der Waals surface area contributed by atoms with Gasteiger partial charge in [-0.2, -0.15) is 0 Å². The van der Waals surface area contributed by atoms with Crippen molar-refractivity contribution in [1.29, 1.82) is 0 Å². The first-order valence-corrected chi connectivity index (χ1v) is 7.36. The van der Waals surface area contributed by atoms with E-state index < -0.39 is 0 Å². The molecule has 1 N–H and O–H groups in total. The van der Waals surface area contributed by atoms with Crippen LogP contribution in [-0.4, -0.2) is 30.6 Å². The fraction of sp³-hybridized carbons (Fsp3) is 0.625. The molecule has 0 bridgehead atoms. The van der Waals surface area contributed by atoms with Gasteiger partial charge in [-0.1, -0.05) is 38.1 Å². The van der Waals surface area contributed by atoms with Crippen LogP contribution < -0.4 is 5.32 Å². The minimum atomic E-state index is 0.697. The lowest BCUT2D eigenvalue weighted by Gasteiger charge is -2.21. The minimum Gasteiger partial charge on any atom is -0.314 e. The molecule has 0 aliphatic carbocycles. The van der Waals surface area contributed by atoms with E-state index in [-0.39, 0.29) is 0 Å². The second kappa shape index (κ2) is 6.91. The first-order valence-electron chi connectivity index (χ1n) is 7.36. The summed E-state index contributed by atoms with van der Waals surface area (Å²) in [5, 5.41) is 3.60. The van der Waals surface area contributed by atoms with E-state index in [2.05, 4.69) is 48.3 Å². The number of hydrogen-bond donors (Lipinski definition) is 1. The number of hydrogen-bond acceptors (Lipinski definition) is 2. The van der Waals surface area contributed by atoms with Crippen LogP contribution in [0.5, 0.6) is 0 Å². The van der Waals surface area contributed by atoms with Crippen molar-refractivity contribution in [2.24, 2.45) is 0 Å². The Hall–Kier alpha value is -0.860. The molecule has 0 aromatic heterocycles. The molecule has 1 aliphatic rings. The molecule has 2 heteroatoms. The molecule has 1 unspecified atom stereocenters. The third-order valence-electron chi connectivity index (χ3n) is 4.04. The van der Waals surface area contributed by atoms with Crippen molar-refractivity contribution in [3.05, 3.63) is 35.4 Å². The van der Waals surface area contributed by atoms with Crippen LogP contribution in [0.25, 0.3) is 0 Å². The summed E-state index contributed by atoms with van der Waals surface area (Å²) in [5.41, 5.74) is 3.04. The Balaban J connectivity index is 2.04. The monoisotopic (exact) mass is 246 g/mol. The number of nitrogens with zero attached hydrogens (tertiary/aromatic N) is 1. The molecular weight excluding hydrogens is 220 g/mol. The van der Waals surface area contributed by atoms with E-state index in [1.54, 1.807) is 0 Å². The first-order chi connectivity index (χ1) is 8.83. The van der Waals surface area contributed by atoms with Gasteiger partial charge in [0.25, 0.3) is 0 Å². The van der Waals surface area contributed by atoms with Crippen LogP contribution in [-0.2, 0) is 13.0 Å². The zero-order chi connectivity index (χ0) is 12.8. The van der Waals surface area contributed by atoms with Crippen molar-refractivity contribution in [3.8, 4) is 0 Å². The number of benzene rings is 1. The van der Waals surface area contributed by atoms with Crippen LogP contribution in [0.1, 0.15) is 37.8 Å². The lowest BCUT2D eigenvalue weighted by molar-refractivity contribution is 0.294. The van der Waals surface area contributed by atoms with E-state index in [4.69, 9.17) is 0 Å². The molecule has 0 amide bonds. The van der Waals surface area contributed by atoms with Crippen molar-refractivity contribution in [3.63, 3.8) is 0 Å². The zero-order valence-corrected chi connectivity index (χ0v) is 11.8. The molecule has 1 atom stereocenters. The van der Waals surface area contributed by atoms with E-state index in [1.807, 2.05) is 0 Å². The van der Waals surface area contributed by atoms with Gasteiger partial charge >= 0.3 is 0 Å². The molecule has 2 nitrogen and oxygen atoms in total. The van der Waals surface area contributed by atoms with Crippen LogP contribution in [0.2, 0.25) is 0 Å². The highest BCUT2D eigenvalue weighted by molar-refractivity contribution is 5.28. The summed E-state index contributed by atoms with van der Waals surface area (Å²) in [6, 6.07) is 9.64. The van der Waals surface area contributed by atoms with Crippen molar-refractivity contribution >= 4 is 0 Å². The molecule has 100 valence electrons. The van der Waals surface area contributed by atoms with E-state index in [1.165, 1.54) is 36.9 Å². The van der Waals surface area contributed by atoms with Crippen LogP contribution in [0, 0.1) is 0 Å². The fourth-order valence-electron chi connectivity index (χ4n) is 2.80. The Morgan fingerprint density at radius 1 is 1.17 bits per heavy atom. The summed E-state index contributed by atoms with van der Waals surface area (Å²) < 4.78 is 0. The molecule has 0 radical (unpaired) electrons. The highest BCUT2D eigenvalue weighted by Crippen LogP contribution is 2.17. The Labute approximate surface area is 111 Å². The van der Waals surface area contributed by atoms with Gasteiger partial charge in [0.2, 0.25) is 0 Å². The Kier molecular flexibility index (Phi) is 5.21. The maximum atomic E-state index is 3.60. The summed E-state index contributed by atoms with van der Waals surface area (Å²) in [7, 11) is 0. The lowest BCUT2D eigenvalue weighted by Crippen LogP contribution is -2.26. The van der Waals surface area contributed by atoms with Gasteiger partial charge in [0.1, 0.15) is 0 Å². The molecule has 1 aromatic carbocycles. The molecular formula is C16H26N2. The smallest absolute Gasteiger partial charge is 0.0236 e. The van der Waals surface area contributed by atoms with E-state index >= 15 is 0 Å². The van der Waals surface area contributed by atoms with E-state index in [0.29, 0.717) is 6.04 Å². The highest BCUT2D eigenvalue weighted by atomic mass is 15.1. The summed E-state index contributed by atoms with van der Waals surface area (Å²) >= 11 is 0. The summed E-state index contributed by atoms with van der Waals surface area (Å²) in [5.74, 6) is 0. The molecule has 1 heterocycles. The topological polar surface area (TPSA) is 15.3 Å². The van der Waals surface area contributed by atoms with Crippen LogP contribution >= 0.6 is 0 Å². The van der Waals surface area contributed by atoms with Crippen molar-refractivity contribution < 1.29 is 0 Å². The van der Waals surface area contributed by atoms with E-state index in [0.717, 1.165) is 19.6 Å². The van der Waals surface area contributed by atoms with Gasteiger partial charge in [0.05, 0.1) is 0 Å². The Morgan fingerprint density at radius 3 is 2.50 bits per heavy atom. The normalized spacial score (nSPS) is 19.6. The molecule has 1 aromatic rings. The maximum Gasteiger partial charge on any atom is 0.0236 e. The predicted octanol–water partition coefficient (Wildman–Crippen LogP) is 2.82. The van der Waals surface area contributed by atoms with E-state index in [9.17, 15) is 0 Å². The van der Waals surface area contributed by atoms with Crippen LogP contribution in [0.4, 0.5) is 0 Å². The molecule has 1 aliphatic heterocycles. The second-order valence-corrected chi connectivity index (χ2v) is 5.23. The Morgan fingerprint density at radius 2 is 1.89 bits per heavy atom. The van der Waals surface area contributed by atoms with Gasteiger partial charge < -0.3 is 5.32 Å². The van der Waals surface area contributed by atoms with Gasteiger partial charge in [-0.3, -0.25) is 4.90 Å². The summed E-state index contributed by atoms with van der Waals surface area (Å²) in [4.78, 5) is 2.49. The highest BCUT2D eigenvalue weighted by Gasteiger charge is 2.16. The predicted molar refractivity (Wildman–Crippen MR) is 77.8 cm³/mol. The fourth-order valence-corrected chi connectivity index (χ4v) is 2.80. The maximum absolute atomic E-state index is 3.60. The average molecular weight is 246 g/mol. The van der Waals surface area contributed by atoms with Gasteiger partial charge in [-0.15, -0.1) is 0 Å². The van der Waals surface area contributed by atoms with Crippen molar-refractivity contribution in [2.45, 2.75) is 45.7 Å². The zero-order valence-electron chi connectivity index (χ0n) is 11.8. The first kappa shape index (κ1) is 13.6. The molecule has 1 saturated heterocycles. The van der Waals surface area contributed by atoms with Crippen LogP contribution in [0.3, 0.4) is 0 Å². The minimum absolute atomic E-state index is 0.697. The van der Waals surface area contributed by atoms with Gasteiger partial charge in [0.15, 0.2) is 0 Å². The lowest BCUT2D eigenvalue weighted by atomic mass is 9.99. The standard InChI is InChI=1S/C16H26N2/c1-3-18(4-2)13-15-9-6-5-8-14(15)12-16-10-7-11-17-16/h5-6,8-9,16-17H,3-4,7,10-13H2,1-2H3. The van der Waals surface area contributed by atoms with Crippen molar-refractivity contribution in [2.75, 3.05) is 19.6 Å². The van der Waals surface area contributed by atoms with Crippen molar-refractivity contribution in [1.82, 2.24) is 10.2 Å². The van der Waals surface area contributed by atoms with Gasteiger partial charge in [-0.05, 0) is 50.0 Å². The number of nitrogens with one attached hydrogen (secondary N) is 1. The summed E-state index contributed by atoms with van der Waals surface area (Å²) in [6.45, 7) is 9.03. The average Bonchev–Trinajstić information content (AvgIpc) is 2.90.